The average molecular weight is 325 g/mol. The number of hydrogen-bond donors (Lipinski definition) is 1. The zero-order chi connectivity index (χ0) is 17.9. The van der Waals surface area contributed by atoms with Crippen molar-refractivity contribution in [3.63, 3.8) is 0 Å². The van der Waals surface area contributed by atoms with Gasteiger partial charge in [-0.2, -0.15) is 5.10 Å². The standard InChI is InChI=1S/C18H19N3O3/c1-11-8-9-15(13(3)12(11)2)10-19-20-18(22)16-6-5-7-17(14(16)4)21(23)24/h5-10H,1-4H3,(H,20,22)/b19-10-. The highest BCUT2D eigenvalue weighted by Gasteiger charge is 2.17. The zero-order valence-electron chi connectivity index (χ0n) is 14.1. The topological polar surface area (TPSA) is 84.6 Å². The number of rotatable bonds is 4. The van der Waals surface area contributed by atoms with Crippen LogP contribution in [-0.2, 0) is 0 Å². The van der Waals surface area contributed by atoms with Crippen molar-refractivity contribution in [2.24, 2.45) is 5.10 Å². The summed E-state index contributed by atoms with van der Waals surface area (Å²) in [6.45, 7) is 7.61. The molecule has 6 heteroatoms. The number of benzene rings is 2. The van der Waals surface area contributed by atoms with Crippen LogP contribution in [-0.4, -0.2) is 17.0 Å². The molecule has 0 heterocycles. The first-order valence-corrected chi connectivity index (χ1v) is 7.47. The average Bonchev–Trinajstić information content (AvgIpc) is 2.54. The highest BCUT2D eigenvalue weighted by Crippen LogP contribution is 2.21. The van der Waals surface area contributed by atoms with Crippen LogP contribution in [0, 0.1) is 37.8 Å². The highest BCUT2D eigenvalue weighted by molar-refractivity contribution is 5.97. The molecule has 1 N–H and O–H groups in total. The van der Waals surface area contributed by atoms with Crippen LogP contribution in [0.5, 0.6) is 0 Å². The van der Waals surface area contributed by atoms with Gasteiger partial charge in [-0.15, -0.1) is 0 Å². The van der Waals surface area contributed by atoms with E-state index >= 15 is 0 Å². The molecule has 0 bridgehead atoms. The second kappa shape index (κ2) is 7.04. The Labute approximate surface area is 140 Å². The van der Waals surface area contributed by atoms with Crippen LogP contribution in [0.15, 0.2) is 35.4 Å². The van der Waals surface area contributed by atoms with Gasteiger partial charge in [0.25, 0.3) is 11.6 Å². The number of amides is 1. The first-order chi connectivity index (χ1) is 11.3. The molecule has 6 nitrogen and oxygen atoms in total. The van der Waals surface area contributed by atoms with Crippen molar-refractivity contribution in [2.45, 2.75) is 27.7 Å². The molecule has 0 atom stereocenters. The van der Waals surface area contributed by atoms with E-state index in [1.165, 1.54) is 29.3 Å². The van der Waals surface area contributed by atoms with E-state index in [-0.39, 0.29) is 11.3 Å². The predicted molar refractivity (Wildman–Crippen MR) is 93.5 cm³/mol. The summed E-state index contributed by atoms with van der Waals surface area (Å²) in [5.74, 6) is -0.478. The molecule has 124 valence electrons. The predicted octanol–water partition coefficient (Wildman–Crippen LogP) is 3.59. The number of hydrogen-bond acceptors (Lipinski definition) is 4. The van der Waals surface area contributed by atoms with E-state index in [4.69, 9.17) is 0 Å². The van der Waals surface area contributed by atoms with Crippen LogP contribution in [0.3, 0.4) is 0 Å². The smallest absolute Gasteiger partial charge is 0.267 e. The van der Waals surface area contributed by atoms with Gasteiger partial charge >= 0.3 is 0 Å². The van der Waals surface area contributed by atoms with Gasteiger partial charge in [-0.1, -0.05) is 18.2 Å². The van der Waals surface area contributed by atoms with Crippen molar-refractivity contribution < 1.29 is 9.72 Å². The molecule has 0 spiro atoms. The number of nitrogens with zero attached hydrogens (tertiary/aromatic N) is 2. The Balaban J connectivity index is 2.19. The normalized spacial score (nSPS) is 10.8. The first kappa shape index (κ1) is 17.3. The fourth-order valence-electron chi connectivity index (χ4n) is 2.40. The van der Waals surface area contributed by atoms with E-state index in [0.29, 0.717) is 5.56 Å². The molecule has 0 radical (unpaired) electrons. The summed E-state index contributed by atoms with van der Waals surface area (Å²) in [6.07, 6.45) is 1.58. The van der Waals surface area contributed by atoms with Crippen LogP contribution >= 0.6 is 0 Å². The number of carbonyl (C=O) groups excluding carboxylic acids is 1. The molecule has 1 amide bonds. The van der Waals surface area contributed by atoms with Gasteiger partial charge in [-0.3, -0.25) is 14.9 Å². The quantitative estimate of drug-likeness (QED) is 0.529. The molecule has 0 aliphatic carbocycles. The van der Waals surface area contributed by atoms with E-state index in [9.17, 15) is 14.9 Å². The lowest BCUT2D eigenvalue weighted by Crippen LogP contribution is -2.19. The van der Waals surface area contributed by atoms with Crippen molar-refractivity contribution >= 4 is 17.8 Å². The summed E-state index contributed by atoms with van der Waals surface area (Å²) in [5, 5.41) is 14.9. The van der Waals surface area contributed by atoms with Crippen LogP contribution < -0.4 is 5.43 Å². The molecule has 0 aliphatic rings. The fourth-order valence-corrected chi connectivity index (χ4v) is 2.40. The summed E-state index contributed by atoms with van der Waals surface area (Å²) in [6, 6.07) is 8.32. The van der Waals surface area contributed by atoms with Gasteiger partial charge in [-0.05, 0) is 56.0 Å². The summed E-state index contributed by atoms with van der Waals surface area (Å²) in [5.41, 5.74) is 7.27. The number of nitro benzene ring substituents is 1. The van der Waals surface area contributed by atoms with Gasteiger partial charge in [0.15, 0.2) is 0 Å². The third-order valence-corrected chi connectivity index (χ3v) is 4.22. The van der Waals surface area contributed by atoms with Crippen LogP contribution in [0.25, 0.3) is 0 Å². The van der Waals surface area contributed by atoms with Gasteiger partial charge in [-0.25, -0.2) is 5.43 Å². The van der Waals surface area contributed by atoms with Gasteiger partial charge in [0.1, 0.15) is 0 Å². The SMILES string of the molecule is Cc1ccc(/C=N\NC(=O)c2cccc([N+](=O)[O-])c2C)c(C)c1C. The molecular formula is C18H19N3O3. The molecule has 0 fully saturated rings. The lowest BCUT2D eigenvalue weighted by atomic mass is 10.00. The van der Waals surface area contributed by atoms with Crippen molar-refractivity contribution in [3.05, 3.63) is 73.8 Å². The molecule has 2 aromatic carbocycles. The van der Waals surface area contributed by atoms with Crippen LogP contribution in [0.1, 0.15) is 38.2 Å². The number of aryl methyl sites for hydroxylation is 1. The van der Waals surface area contributed by atoms with Gasteiger partial charge in [0, 0.05) is 11.6 Å². The minimum atomic E-state index is -0.506. The molecule has 0 aliphatic heterocycles. The maximum absolute atomic E-state index is 12.2. The second-order valence-corrected chi connectivity index (χ2v) is 5.63. The lowest BCUT2D eigenvalue weighted by Gasteiger charge is -2.08. The monoisotopic (exact) mass is 325 g/mol. The Bertz CT molecular complexity index is 842. The molecule has 2 aromatic rings. The number of carbonyl (C=O) groups is 1. The summed E-state index contributed by atoms with van der Waals surface area (Å²) in [7, 11) is 0. The van der Waals surface area contributed by atoms with E-state index in [0.717, 1.165) is 11.1 Å². The van der Waals surface area contributed by atoms with Gasteiger partial charge in [0.2, 0.25) is 0 Å². The number of hydrazone groups is 1. The van der Waals surface area contributed by atoms with Crippen LogP contribution in [0.2, 0.25) is 0 Å². The Morgan fingerprint density at radius 2 is 1.79 bits per heavy atom. The molecule has 0 saturated heterocycles. The maximum Gasteiger partial charge on any atom is 0.273 e. The number of nitro groups is 1. The zero-order valence-corrected chi connectivity index (χ0v) is 14.1. The summed E-state index contributed by atoms with van der Waals surface area (Å²) >= 11 is 0. The Morgan fingerprint density at radius 1 is 1.08 bits per heavy atom. The Kier molecular flexibility index (Phi) is 5.08. The molecule has 0 aromatic heterocycles. The minimum absolute atomic E-state index is 0.0865. The molecular weight excluding hydrogens is 306 g/mol. The first-order valence-electron chi connectivity index (χ1n) is 7.47. The van der Waals surface area contributed by atoms with Crippen molar-refractivity contribution in [1.82, 2.24) is 5.43 Å². The largest absolute Gasteiger partial charge is 0.273 e. The molecule has 0 unspecified atom stereocenters. The van der Waals surface area contributed by atoms with E-state index in [1.54, 1.807) is 13.1 Å². The minimum Gasteiger partial charge on any atom is -0.267 e. The molecule has 0 saturated carbocycles. The van der Waals surface area contributed by atoms with E-state index in [1.807, 2.05) is 32.9 Å². The Hall–Kier alpha value is -3.02. The maximum atomic E-state index is 12.2. The van der Waals surface area contributed by atoms with Gasteiger partial charge < -0.3 is 0 Å². The van der Waals surface area contributed by atoms with Crippen molar-refractivity contribution in [3.8, 4) is 0 Å². The van der Waals surface area contributed by atoms with Gasteiger partial charge in [0.05, 0.1) is 16.7 Å². The number of nitrogens with one attached hydrogen (secondary N) is 1. The van der Waals surface area contributed by atoms with Crippen molar-refractivity contribution in [1.29, 1.82) is 0 Å². The third kappa shape index (κ3) is 3.48. The third-order valence-electron chi connectivity index (χ3n) is 4.22. The molecule has 24 heavy (non-hydrogen) atoms. The fraction of sp³-hybridized carbons (Fsp3) is 0.222. The second-order valence-electron chi connectivity index (χ2n) is 5.63. The molecule has 2 rings (SSSR count). The van der Waals surface area contributed by atoms with E-state index < -0.39 is 10.8 Å². The highest BCUT2D eigenvalue weighted by atomic mass is 16.6. The lowest BCUT2D eigenvalue weighted by molar-refractivity contribution is -0.385. The summed E-state index contributed by atoms with van der Waals surface area (Å²) in [4.78, 5) is 22.6. The van der Waals surface area contributed by atoms with E-state index in [2.05, 4.69) is 10.5 Å². The van der Waals surface area contributed by atoms with Crippen molar-refractivity contribution in [2.75, 3.05) is 0 Å². The van der Waals surface area contributed by atoms with Crippen LogP contribution in [0.4, 0.5) is 5.69 Å². The summed E-state index contributed by atoms with van der Waals surface area (Å²) < 4.78 is 0. The Morgan fingerprint density at radius 3 is 2.46 bits per heavy atom.